The second-order valence-electron chi connectivity index (χ2n) is 4.99. The zero-order valence-electron chi connectivity index (χ0n) is 13.3. The molecule has 0 heterocycles. The number of carbonyl (C=O) groups is 2. The number of benzene rings is 1. The second kappa shape index (κ2) is 8.42. The molecule has 0 radical (unpaired) electrons. The average Bonchev–Trinajstić information content (AvgIpc) is 2.47. The lowest BCUT2D eigenvalue weighted by atomic mass is 10.2. The van der Waals surface area contributed by atoms with E-state index < -0.39 is 0 Å². The Morgan fingerprint density at radius 2 is 1.90 bits per heavy atom. The molecule has 0 spiro atoms. The molecule has 1 aromatic carbocycles. The Hall–Kier alpha value is -1.88. The van der Waals surface area contributed by atoms with Gasteiger partial charge in [0.2, 0.25) is 5.91 Å². The highest BCUT2D eigenvalue weighted by Gasteiger charge is 2.17. The van der Waals surface area contributed by atoms with E-state index in [4.69, 9.17) is 0 Å². The first-order valence-corrected chi connectivity index (χ1v) is 7.11. The predicted octanol–water partition coefficient (Wildman–Crippen LogP) is 1.84. The Labute approximate surface area is 126 Å². The molecule has 0 unspecified atom stereocenters. The molecule has 0 aliphatic heterocycles. The first-order chi connectivity index (χ1) is 9.99. The SMILES string of the molecule is CCN(C(=O)CN(C)CCC(=O)OC)c1ccccc1C. The largest absolute Gasteiger partial charge is 0.469 e. The van der Waals surface area contributed by atoms with Crippen LogP contribution in [0.25, 0.3) is 0 Å². The van der Waals surface area contributed by atoms with Gasteiger partial charge in [0.15, 0.2) is 0 Å². The molecule has 0 aromatic heterocycles. The maximum atomic E-state index is 12.4. The normalized spacial score (nSPS) is 10.5. The Balaban J connectivity index is 2.64. The van der Waals surface area contributed by atoms with Crippen LogP contribution in [-0.2, 0) is 14.3 Å². The molecule has 5 heteroatoms. The molecule has 0 aliphatic carbocycles. The average molecular weight is 292 g/mol. The van der Waals surface area contributed by atoms with Crippen molar-refractivity contribution in [3.63, 3.8) is 0 Å². The van der Waals surface area contributed by atoms with Crippen molar-refractivity contribution >= 4 is 17.6 Å². The summed E-state index contributed by atoms with van der Waals surface area (Å²) < 4.78 is 4.60. The number of aryl methyl sites for hydroxylation is 1. The molecular weight excluding hydrogens is 268 g/mol. The number of esters is 1. The van der Waals surface area contributed by atoms with Gasteiger partial charge < -0.3 is 9.64 Å². The molecule has 21 heavy (non-hydrogen) atoms. The summed E-state index contributed by atoms with van der Waals surface area (Å²) in [6, 6.07) is 7.83. The molecule has 1 rings (SSSR count). The zero-order valence-corrected chi connectivity index (χ0v) is 13.3. The lowest BCUT2D eigenvalue weighted by Crippen LogP contribution is -2.40. The molecule has 116 valence electrons. The molecule has 0 atom stereocenters. The van der Waals surface area contributed by atoms with Gasteiger partial charge in [-0.1, -0.05) is 18.2 Å². The van der Waals surface area contributed by atoms with Crippen molar-refractivity contribution in [3.8, 4) is 0 Å². The quantitative estimate of drug-likeness (QED) is 0.720. The first-order valence-electron chi connectivity index (χ1n) is 7.11. The van der Waals surface area contributed by atoms with Gasteiger partial charge in [0.25, 0.3) is 0 Å². The molecule has 0 saturated heterocycles. The highest BCUT2D eigenvalue weighted by atomic mass is 16.5. The van der Waals surface area contributed by atoms with Crippen LogP contribution in [0.1, 0.15) is 18.9 Å². The van der Waals surface area contributed by atoms with Crippen molar-refractivity contribution in [2.45, 2.75) is 20.3 Å². The van der Waals surface area contributed by atoms with Gasteiger partial charge in [-0.3, -0.25) is 14.5 Å². The van der Waals surface area contributed by atoms with Gasteiger partial charge in [0, 0.05) is 18.8 Å². The van der Waals surface area contributed by atoms with E-state index in [1.807, 2.05) is 50.1 Å². The smallest absolute Gasteiger partial charge is 0.306 e. The minimum absolute atomic E-state index is 0.0270. The highest BCUT2D eigenvalue weighted by molar-refractivity contribution is 5.95. The number of anilines is 1. The Kier molecular flexibility index (Phi) is 6.88. The van der Waals surface area contributed by atoms with Gasteiger partial charge in [-0.25, -0.2) is 0 Å². The van der Waals surface area contributed by atoms with Gasteiger partial charge in [-0.05, 0) is 32.5 Å². The minimum Gasteiger partial charge on any atom is -0.469 e. The number of rotatable bonds is 7. The summed E-state index contributed by atoms with van der Waals surface area (Å²) in [6.07, 6.45) is 0.288. The molecule has 0 N–H and O–H groups in total. The van der Waals surface area contributed by atoms with Gasteiger partial charge in [0.1, 0.15) is 0 Å². The zero-order chi connectivity index (χ0) is 15.8. The van der Waals surface area contributed by atoms with E-state index in [2.05, 4.69) is 4.74 Å². The van der Waals surface area contributed by atoms with Crippen LogP contribution in [0.3, 0.4) is 0 Å². The summed E-state index contributed by atoms with van der Waals surface area (Å²) in [5.41, 5.74) is 2.01. The number of carbonyl (C=O) groups excluding carboxylic acids is 2. The van der Waals surface area contributed by atoms with Gasteiger partial charge in [-0.15, -0.1) is 0 Å². The fraction of sp³-hybridized carbons (Fsp3) is 0.500. The number of para-hydroxylation sites is 1. The van der Waals surface area contributed by atoms with Crippen molar-refractivity contribution in [2.24, 2.45) is 0 Å². The van der Waals surface area contributed by atoms with Crippen molar-refractivity contribution < 1.29 is 14.3 Å². The fourth-order valence-corrected chi connectivity index (χ4v) is 2.13. The molecule has 5 nitrogen and oxygen atoms in total. The van der Waals surface area contributed by atoms with Crippen molar-refractivity contribution in [1.29, 1.82) is 0 Å². The van der Waals surface area contributed by atoms with Crippen LogP contribution in [0.2, 0.25) is 0 Å². The summed E-state index contributed by atoms with van der Waals surface area (Å²) in [7, 11) is 3.19. The minimum atomic E-state index is -0.263. The lowest BCUT2D eigenvalue weighted by Gasteiger charge is -2.25. The Bertz CT molecular complexity index is 488. The Morgan fingerprint density at radius 3 is 2.48 bits per heavy atom. The summed E-state index contributed by atoms with van der Waals surface area (Å²) in [4.78, 5) is 27.1. The van der Waals surface area contributed by atoms with E-state index in [-0.39, 0.29) is 24.8 Å². The van der Waals surface area contributed by atoms with Crippen molar-refractivity contribution in [3.05, 3.63) is 29.8 Å². The summed E-state index contributed by atoms with van der Waals surface area (Å²) in [6.45, 7) is 5.35. The summed E-state index contributed by atoms with van der Waals surface area (Å²) >= 11 is 0. The number of hydrogen-bond donors (Lipinski definition) is 0. The number of likely N-dealkylation sites (N-methyl/N-ethyl adjacent to an activating group) is 2. The highest BCUT2D eigenvalue weighted by Crippen LogP contribution is 2.19. The maximum absolute atomic E-state index is 12.4. The first kappa shape index (κ1) is 17.2. The third-order valence-electron chi connectivity index (χ3n) is 3.35. The number of nitrogens with zero attached hydrogens (tertiary/aromatic N) is 2. The molecule has 1 aromatic rings. The van der Waals surface area contributed by atoms with E-state index in [1.165, 1.54) is 7.11 Å². The van der Waals surface area contributed by atoms with Crippen LogP contribution < -0.4 is 4.90 Å². The fourth-order valence-electron chi connectivity index (χ4n) is 2.13. The van der Waals surface area contributed by atoms with Gasteiger partial charge in [-0.2, -0.15) is 0 Å². The number of ether oxygens (including phenoxy) is 1. The van der Waals surface area contributed by atoms with Crippen molar-refractivity contribution in [2.75, 3.05) is 38.7 Å². The number of amides is 1. The molecule has 0 bridgehead atoms. The summed E-state index contributed by atoms with van der Waals surface area (Å²) in [5.74, 6) is -0.236. The monoisotopic (exact) mass is 292 g/mol. The van der Waals surface area contributed by atoms with Crippen LogP contribution in [0, 0.1) is 6.92 Å². The summed E-state index contributed by atoms with van der Waals surface area (Å²) in [5, 5.41) is 0. The van der Waals surface area contributed by atoms with E-state index in [0.717, 1.165) is 11.3 Å². The standard InChI is InChI=1S/C16H24N2O3/c1-5-18(14-9-7-6-8-13(14)2)15(19)12-17(3)11-10-16(20)21-4/h6-9H,5,10-12H2,1-4H3. The third-order valence-corrected chi connectivity index (χ3v) is 3.35. The third kappa shape index (κ3) is 5.19. The topological polar surface area (TPSA) is 49.9 Å². The second-order valence-corrected chi connectivity index (χ2v) is 4.99. The molecule has 0 aliphatic rings. The van der Waals surface area contributed by atoms with Crippen LogP contribution in [0.5, 0.6) is 0 Å². The predicted molar refractivity (Wildman–Crippen MR) is 83.3 cm³/mol. The van der Waals surface area contributed by atoms with Crippen molar-refractivity contribution in [1.82, 2.24) is 4.90 Å². The molecule has 1 amide bonds. The maximum Gasteiger partial charge on any atom is 0.306 e. The molecular formula is C16H24N2O3. The van der Waals surface area contributed by atoms with Crippen LogP contribution in [0.15, 0.2) is 24.3 Å². The van der Waals surface area contributed by atoms with E-state index in [1.54, 1.807) is 4.90 Å². The van der Waals surface area contributed by atoms with E-state index >= 15 is 0 Å². The van der Waals surface area contributed by atoms with Gasteiger partial charge in [0.05, 0.1) is 20.1 Å². The van der Waals surface area contributed by atoms with E-state index in [9.17, 15) is 9.59 Å². The van der Waals surface area contributed by atoms with Crippen LogP contribution in [-0.4, -0.2) is 50.6 Å². The lowest BCUT2D eigenvalue weighted by molar-refractivity contribution is -0.141. The van der Waals surface area contributed by atoms with Gasteiger partial charge >= 0.3 is 5.97 Å². The van der Waals surface area contributed by atoms with Crippen LogP contribution >= 0.6 is 0 Å². The molecule has 0 fully saturated rings. The number of methoxy groups -OCH3 is 1. The Morgan fingerprint density at radius 1 is 1.24 bits per heavy atom. The van der Waals surface area contributed by atoms with Crippen LogP contribution in [0.4, 0.5) is 5.69 Å². The number of hydrogen-bond acceptors (Lipinski definition) is 4. The molecule has 0 saturated carbocycles. The van der Waals surface area contributed by atoms with E-state index in [0.29, 0.717) is 13.1 Å².